The van der Waals surface area contributed by atoms with Gasteiger partial charge in [0.05, 0.1) is 5.92 Å². The number of likely N-dealkylation sites (tertiary alicyclic amines) is 1. The third kappa shape index (κ3) is 6.59. The maximum atomic E-state index is 13.2. The Balaban J connectivity index is 1.04. The average molecular weight is 604 g/mol. The summed E-state index contributed by atoms with van der Waals surface area (Å²) in [5, 5.41) is 16.6. The predicted octanol–water partition coefficient (Wildman–Crippen LogP) is 5.56. The topological polar surface area (TPSA) is 113 Å². The molecule has 3 atom stereocenters. The fourth-order valence-electron chi connectivity index (χ4n) is 5.35. The van der Waals surface area contributed by atoms with Crippen LogP contribution in [0.15, 0.2) is 101 Å². The summed E-state index contributed by atoms with van der Waals surface area (Å²) in [6, 6.07) is 23.2. The number of ether oxygens (including phenoxy) is 1. The number of carboxylic acids is 1. The van der Waals surface area contributed by atoms with Crippen molar-refractivity contribution in [3.05, 3.63) is 103 Å². The van der Waals surface area contributed by atoms with Gasteiger partial charge in [0.25, 0.3) is 5.89 Å². The highest BCUT2D eigenvalue weighted by atomic mass is 19.4. The molecule has 0 aliphatic carbocycles. The number of aromatic nitrogens is 2. The van der Waals surface area contributed by atoms with Crippen molar-refractivity contribution in [3.8, 4) is 28.3 Å². The summed E-state index contributed by atoms with van der Waals surface area (Å²) < 4.78 is 50.7. The largest absolute Gasteiger partial charge is 0.484 e. The number of nitrogens with zero attached hydrogens (tertiary/aromatic N) is 4. The normalized spacial score (nSPS) is 19.8. The van der Waals surface area contributed by atoms with Gasteiger partial charge in [-0.2, -0.15) is 18.2 Å². The van der Waals surface area contributed by atoms with Crippen LogP contribution in [0, 0.1) is 11.8 Å². The SMILES string of the molecule is O=C(O)[C@H]1CN(C2=NC(C(F)(F)F)C=CN2)C[C@H]1Cc1ccc(OCc2nc(-c3ccc(-c4ccccc4)cc3)no2)cc1. The summed E-state index contributed by atoms with van der Waals surface area (Å²) in [5.74, 6) is -0.716. The van der Waals surface area contributed by atoms with E-state index >= 15 is 0 Å². The Bertz CT molecular complexity index is 1650. The molecule has 2 aliphatic heterocycles. The Hall–Kier alpha value is -5.13. The Morgan fingerprint density at radius 1 is 0.977 bits per heavy atom. The molecule has 3 heterocycles. The minimum atomic E-state index is -4.51. The van der Waals surface area contributed by atoms with Gasteiger partial charge in [0, 0.05) is 24.9 Å². The van der Waals surface area contributed by atoms with Gasteiger partial charge in [-0.15, -0.1) is 0 Å². The summed E-state index contributed by atoms with van der Waals surface area (Å²) in [7, 11) is 0. The summed E-state index contributed by atoms with van der Waals surface area (Å²) in [6.45, 7) is 0.387. The van der Waals surface area contributed by atoms with Gasteiger partial charge >= 0.3 is 12.1 Å². The lowest BCUT2D eigenvalue weighted by molar-refractivity contribution is -0.142. The van der Waals surface area contributed by atoms with Gasteiger partial charge in [0.2, 0.25) is 5.82 Å². The van der Waals surface area contributed by atoms with E-state index in [4.69, 9.17) is 9.26 Å². The lowest BCUT2D eigenvalue weighted by Gasteiger charge is -2.25. The third-order valence-electron chi connectivity index (χ3n) is 7.65. The molecule has 4 aromatic rings. The molecule has 1 aromatic heterocycles. The number of nitrogens with one attached hydrogen (secondary N) is 1. The Morgan fingerprint density at radius 3 is 2.39 bits per heavy atom. The third-order valence-corrected chi connectivity index (χ3v) is 7.65. The molecule has 0 spiro atoms. The van der Waals surface area contributed by atoms with E-state index in [9.17, 15) is 23.1 Å². The van der Waals surface area contributed by atoms with Crippen LogP contribution < -0.4 is 10.1 Å². The first-order valence-electron chi connectivity index (χ1n) is 14.0. The van der Waals surface area contributed by atoms with Gasteiger partial charge in [-0.05, 0) is 47.2 Å². The zero-order valence-corrected chi connectivity index (χ0v) is 23.3. The molecule has 0 bridgehead atoms. The van der Waals surface area contributed by atoms with Crippen LogP contribution in [0.4, 0.5) is 13.2 Å². The number of carbonyl (C=O) groups is 1. The number of halogens is 3. The van der Waals surface area contributed by atoms with E-state index in [0.717, 1.165) is 28.3 Å². The van der Waals surface area contributed by atoms with Gasteiger partial charge in [0.1, 0.15) is 5.75 Å². The highest BCUT2D eigenvalue weighted by Crippen LogP contribution is 2.31. The fraction of sp³-hybridized carbons (Fsp3) is 0.250. The van der Waals surface area contributed by atoms with Crippen LogP contribution in [0.2, 0.25) is 0 Å². The van der Waals surface area contributed by atoms with Crippen LogP contribution >= 0.6 is 0 Å². The van der Waals surface area contributed by atoms with Crippen LogP contribution in [0.5, 0.6) is 5.75 Å². The number of carboxylic acid groups (broad SMARTS) is 1. The molecule has 1 unspecified atom stereocenters. The van der Waals surface area contributed by atoms with Crippen molar-refractivity contribution in [3.63, 3.8) is 0 Å². The molecule has 0 radical (unpaired) electrons. The number of hydrogen-bond acceptors (Lipinski definition) is 8. The van der Waals surface area contributed by atoms with E-state index in [1.54, 1.807) is 17.0 Å². The molecule has 44 heavy (non-hydrogen) atoms. The van der Waals surface area contributed by atoms with Crippen LogP contribution in [-0.4, -0.2) is 57.4 Å². The summed E-state index contributed by atoms with van der Waals surface area (Å²) in [5.41, 5.74) is 3.89. The van der Waals surface area contributed by atoms with E-state index in [2.05, 4.69) is 20.4 Å². The molecule has 3 aromatic carbocycles. The average Bonchev–Trinajstić information content (AvgIpc) is 3.69. The first kappa shape index (κ1) is 29.0. The number of alkyl halides is 3. The number of aliphatic carboxylic acids is 1. The number of aliphatic imine (C=N–C) groups is 1. The molecule has 0 amide bonds. The van der Waals surface area contributed by atoms with E-state index in [1.165, 1.54) is 6.20 Å². The quantitative estimate of drug-likeness (QED) is 0.269. The van der Waals surface area contributed by atoms with Crippen LogP contribution in [0.25, 0.3) is 22.5 Å². The lowest BCUT2D eigenvalue weighted by Crippen LogP contribution is -2.43. The van der Waals surface area contributed by atoms with Gasteiger partial charge in [-0.25, -0.2) is 4.99 Å². The first-order chi connectivity index (χ1) is 21.2. The highest BCUT2D eigenvalue weighted by molar-refractivity contribution is 5.83. The second-order valence-electron chi connectivity index (χ2n) is 10.6. The first-order valence-corrected chi connectivity index (χ1v) is 14.0. The molecule has 2 N–H and O–H groups in total. The minimum Gasteiger partial charge on any atom is -0.484 e. The zero-order chi connectivity index (χ0) is 30.7. The molecule has 12 heteroatoms. The van der Waals surface area contributed by atoms with Gasteiger partial charge < -0.3 is 24.6 Å². The number of benzene rings is 3. The molecular formula is C32H28F3N5O4. The molecular weight excluding hydrogens is 575 g/mol. The Morgan fingerprint density at radius 2 is 1.68 bits per heavy atom. The second-order valence-corrected chi connectivity index (χ2v) is 10.6. The van der Waals surface area contributed by atoms with Gasteiger partial charge in [-0.1, -0.05) is 71.9 Å². The van der Waals surface area contributed by atoms with Crippen molar-refractivity contribution in [2.45, 2.75) is 25.2 Å². The monoisotopic (exact) mass is 603 g/mol. The molecule has 9 nitrogen and oxygen atoms in total. The van der Waals surface area contributed by atoms with E-state index in [1.807, 2.05) is 66.7 Å². The zero-order valence-electron chi connectivity index (χ0n) is 23.3. The number of rotatable bonds is 8. The van der Waals surface area contributed by atoms with Crippen LogP contribution in [0.3, 0.4) is 0 Å². The Kier molecular flexibility index (Phi) is 8.05. The van der Waals surface area contributed by atoms with Gasteiger partial charge in [0.15, 0.2) is 18.6 Å². The lowest BCUT2D eigenvalue weighted by atomic mass is 9.90. The molecule has 2 aliphatic rings. The van der Waals surface area contributed by atoms with E-state index in [0.29, 0.717) is 23.9 Å². The van der Waals surface area contributed by atoms with Crippen LogP contribution in [0.1, 0.15) is 11.5 Å². The standard InChI is InChI=1S/C32H28F3N5O4/c33-32(34,35)27-14-15-36-31(37-27)40-17-24(26(18-40)30(41)42)16-20-6-12-25(13-7-20)43-19-28-38-29(39-44-28)23-10-8-22(9-11-23)21-4-2-1-3-5-21/h1-15,24,26-27H,16-19H2,(H,36,37)(H,41,42)/t24-,26+,27?/m1/s1. The van der Waals surface area contributed by atoms with Crippen molar-refractivity contribution in [2.24, 2.45) is 16.8 Å². The number of guanidine groups is 1. The fourth-order valence-corrected chi connectivity index (χ4v) is 5.35. The highest BCUT2D eigenvalue weighted by Gasteiger charge is 2.42. The van der Waals surface area contributed by atoms with Crippen molar-refractivity contribution in [1.29, 1.82) is 0 Å². The maximum Gasteiger partial charge on any atom is 0.414 e. The van der Waals surface area contributed by atoms with Crippen LogP contribution in [-0.2, 0) is 17.8 Å². The minimum absolute atomic E-state index is 0.0284. The van der Waals surface area contributed by atoms with E-state index in [-0.39, 0.29) is 31.6 Å². The predicted molar refractivity (Wildman–Crippen MR) is 155 cm³/mol. The van der Waals surface area contributed by atoms with Crippen molar-refractivity contribution >= 4 is 11.9 Å². The van der Waals surface area contributed by atoms with Gasteiger partial charge in [-0.3, -0.25) is 4.79 Å². The molecule has 6 rings (SSSR count). The summed E-state index contributed by atoms with van der Waals surface area (Å²) in [6.07, 6.45) is -1.96. The van der Waals surface area contributed by atoms with Crippen molar-refractivity contribution in [1.82, 2.24) is 20.4 Å². The summed E-state index contributed by atoms with van der Waals surface area (Å²) >= 11 is 0. The van der Waals surface area contributed by atoms with E-state index < -0.39 is 24.1 Å². The molecule has 226 valence electrons. The van der Waals surface area contributed by atoms with Crippen molar-refractivity contribution in [2.75, 3.05) is 13.1 Å². The smallest absolute Gasteiger partial charge is 0.414 e. The molecule has 1 saturated heterocycles. The summed E-state index contributed by atoms with van der Waals surface area (Å²) in [4.78, 5) is 21.7. The Labute approximate surface area is 250 Å². The van der Waals surface area contributed by atoms with Crippen molar-refractivity contribution < 1.29 is 32.3 Å². The molecule has 0 saturated carbocycles. The number of hydrogen-bond donors (Lipinski definition) is 2. The maximum absolute atomic E-state index is 13.2. The molecule has 1 fully saturated rings. The second kappa shape index (κ2) is 12.2.